The van der Waals surface area contributed by atoms with Crippen molar-refractivity contribution in [2.45, 2.75) is 71.4 Å². The Bertz CT molecular complexity index is 1200. The monoisotopic (exact) mass is 566 g/mol. The van der Waals surface area contributed by atoms with Crippen molar-refractivity contribution in [2.75, 3.05) is 36.5 Å². The largest absolute Gasteiger partial charge is 0.357 e. The molecule has 1 N–H and O–H groups in total. The van der Waals surface area contributed by atoms with Crippen LogP contribution in [-0.4, -0.2) is 67.3 Å². The number of carbonyl (C=O) groups is 2. The summed E-state index contributed by atoms with van der Waals surface area (Å²) in [7, 11) is 1.72. The predicted molar refractivity (Wildman–Crippen MR) is 166 cm³/mol. The molecule has 9 heteroatoms. The van der Waals surface area contributed by atoms with Crippen molar-refractivity contribution in [1.82, 2.24) is 15.2 Å². The molecule has 2 unspecified atom stereocenters. The van der Waals surface area contributed by atoms with Gasteiger partial charge in [0, 0.05) is 38.8 Å². The molecular formula is C31H43ClN6O2. The smallest absolute Gasteiger partial charge is 0.219 e. The second kappa shape index (κ2) is 14.8. The molecule has 1 fully saturated rings. The molecule has 0 bridgehead atoms. The van der Waals surface area contributed by atoms with Gasteiger partial charge in [0.25, 0.3) is 0 Å². The molecule has 1 saturated heterocycles. The lowest BCUT2D eigenvalue weighted by atomic mass is 10.00. The number of rotatable bonds is 13. The third-order valence-electron chi connectivity index (χ3n) is 7.49. The summed E-state index contributed by atoms with van der Waals surface area (Å²) in [5.41, 5.74) is 2.45. The molecule has 0 aliphatic carbocycles. The maximum Gasteiger partial charge on any atom is 0.219 e. The van der Waals surface area contributed by atoms with E-state index < -0.39 is 0 Å². The van der Waals surface area contributed by atoms with Crippen LogP contribution in [0, 0.1) is 0 Å². The van der Waals surface area contributed by atoms with Crippen LogP contribution in [0.2, 0.25) is 5.02 Å². The summed E-state index contributed by atoms with van der Waals surface area (Å²) in [4.78, 5) is 39.8. The summed E-state index contributed by atoms with van der Waals surface area (Å²) in [5.74, 6) is 1.97. The highest BCUT2D eigenvalue weighted by atomic mass is 35.5. The molecule has 1 aliphatic rings. The van der Waals surface area contributed by atoms with Crippen molar-refractivity contribution in [3.8, 4) is 0 Å². The van der Waals surface area contributed by atoms with Crippen molar-refractivity contribution >= 4 is 47.6 Å². The van der Waals surface area contributed by atoms with E-state index in [1.807, 2.05) is 43.3 Å². The Kier molecular flexibility index (Phi) is 11.6. The number of para-hydroxylation sites is 1. The Labute approximate surface area is 244 Å². The van der Waals surface area contributed by atoms with Crippen LogP contribution in [0.15, 0.2) is 48.0 Å². The number of anilines is 3. The van der Waals surface area contributed by atoms with Gasteiger partial charge < -0.3 is 15.1 Å². The van der Waals surface area contributed by atoms with Gasteiger partial charge in [-0.25, -0.2) is 4.98 Å². The molecule has 0 saturated carbocycles. The van der Waals surface area contributed by atoms with Gasteiger partial charge in [-0.1, -0.05) is 49.7 Å². The average molecular weight is 567 g/mol. The van der Waals surface area contributed by atoms with Gasteiger partial charge in [0.05, 0.1) is 16.3 Å². The number of carbonyl (C=O) groups excluding carboxylic acids is 2. The third kappa shape index (κ3) is 7.02. The van der Waals surface area contributed by atoms with Crippen molar-refractivity contribution < 1.29 is 9.59 Å². The molecule has 3 rings (SSSR count). The molecule has 2 aromatic rings. The summed E-state index contributed by atoms with van der Waals surface area (Å²) in [6.07, 6.45) is 7.36. The van der Waals surface area contributed by atoms with Crippen molar-refractivity contribution in [3.05, 3.63) is 59.1 Å². The van der Waals surface area contributed by atoms with E-state index in [1.165, 1.54) is 6.42 Å². The van der Waals surface area contributed by atoms with Crippen LogP contribution in [0.5, 0.6) is 0 Å². The van der Waals surface area contributed by atoms with Gasteiger partial charge >= 0.3 is 0 Å². The van der Waals surface area contributed by atoms with E-state index in [0.29, 0.717) is 54.0 Å². The molecule has 1 aromatic heterocycles. The molecule has 0 spiro atoms. The van der Waals surface area contributed by atoms with E-state index in [1.54, 1.807) is 11.9 Å². The fraction of sp³-hybridized carbons (Fsp3) is 0.484. The molecule has 2 amide bonds. The van der Waals surface area contributed by atoms with Gasteiger partial charge in [0.2, 0.25) is 12.8 Å². The number of hydrogen-bond donors (Lipinski definition) is 1. The van der Waals surface area contributed by atoms with Crippen molar-refractivity contribution in [2.24, 2.45) is 4.99 Å². The van der Waals surface area contributed by atoms with Crippen molar-refractivity contribution in [1.29, 1.82) is 0 Å². The summed E-state index contributed by atoms with van der Waals surface area (Å²) < 4.78 is 0. The highest BCUT2D eigenvalue weighted by molar-refractivity contribution is 6.33. The molecule has 2 atom stereocenters. The van der Waals surface area contributed by atoms with Crippen LogP contribution in [0.3, 0.4) is 0 Å². The zero-order valence-corrected chi connectivity index (χ0v) is 25.2. The Morgan fingerprint density at radius 1 is 1.27 bits per heavy atom. The number of halogens is 1. The standard InChI is InChI=1S/C31H43ClN6O2/c1-7-8-16-37(24(5)19-34-20-39)29(33-6)26-18-27(32)31(36-17-12-11-13-23(36)4)35-30(26)38(21-40)28-15-10-9-14-25(28)22(2)3/h7,9-10,14-15,18,20-24H,1,8,11-13,16-17,19H2,2-6H3,(H,34,39)/b33-29+. The molecule has 0 radical (unpaired) electrons. The number of nitrogens with zero attached hydrogens (tertiary/aromatic N) is 5. The first-order valence-corrected chi connectivity index (χ1v) is 14.5. The number of amides is 2. The molecule has 1 aromatic carbocycles. The highest BCUT2D eigenvalue weighted by Crippen LogP contribution is 2.38. The molecule has 2 heterocycles. The van der Waals surface area contributed by atoms with Crippen LogP contribution in [-0.2, 0) is 9.59 Å². The second-order valence-electron chi connectivity index (χ2n) is 10.6. The topological polar surface area (TPSA) is 81.1 Å². The van der Waals surface area contributed by atoms with Crippen LogP contribution in [0.4, 0.5) is 17.3 Å². The van der Waals surface area contributed by atoms with Gasteiger partial charge in [0.1, 0.15) is 11.7 Å². The first-order valence-electron chi connectivity index (χ1n) is 14.1. The molecule has 216 valence electrons. The van der Waals surface area contributed by atoms with Gasteiger partial charge in [0.15, 0.2) is 5.82 Å². The summed E-state index contributed by atoms with van der Waals surface area (Å²) in [6, 6.07) is 9.97. The highest BCUT2D eigenvalue weighted by Gasteiger charge is 2.30. The number of piperidine rings is 1. The lowest BCUT2D eigenvalue weighted by Crippen LogP contribution is -2.45. The Morgan fingerprint density at radius 3 is 2.65 bits per heavy atom. The van der Waals surface area contributed by atoms with Gasteiger partial charge in [-0.15, -0.1) is 6.58 Å². The second-order valence-corrected chi connectivity index (χ2v) is 11.0. The molecule has 40 heavy (non-hydrogen) atoms. The fourth-order valence-corrected chi connectivity index (χ4v) is 5.61. The van der Waals surface area contributed by atoms with E-state index in [-0.39, 0.29) is 18.0 Å². The SMILES string of the molecule is C=CCCN(/C(=N/C)c1cc(Cl)c(N2CCCCC2C)nc1N(C=O)c1ccccc1C(C)C)C(C)CNC=O. The quantitative estimate of drug-likeness (QED) is 0.141. The molecule has 1 aliphatic heterocycles. The lowest BCUT2D eigenvalue weighted by molar-refractivity contribution is -0.109. The normalized spacial score (nSPS) is 16.4. The zero-order chi connectivity index (χ0) is 29.2. The van der Waals surface area contributed by atoms with Gasteiger partial charge in [-0.2, -0.15) is 0 Å². The first-order chi connectivity index (χ1) is 19.3. The molecular weight excluding hydrogens is 524 g/mol. The number of aromatic nitrogens is 1. The number of pyridine rings is 1. The van der Waals surface area contributed by atoms with Crippen LogP contribution < -0.4 is 15.1 Å². The third-order valence-corrected chi connectivity index (χ3v) is 7.77. The lowest BCUT2D eigenvalue weighted by Gasteiger charge is -2.37. The van der Waals surface area contributed by atoms with E-state index in [4.69, 9.17) is 21.6 Å². The maximum absolute atomic E-state index is 12.9. The number of benzene rings is 1. The Hall–Kier alpha value is -3.39. The van der Waals surface area contributed by atoms with Gasteiger partial charge in [-0.3, -0.25) is 19.5 Å². The number of hydrogen-bond acceptors (Lipinski definition) is 5. The summed E-state index contributed by atoms with van der Waals surface area (Å²) >= 11 is 6.99. The Balaban J connectivity index is 2.28. The number of amidine groups is 1. The Morgan fingerprint density at radius 2 is 2.02 bits per heavy atom. The predicted octanol–water partition coefficient (Wildman–Crippen LogP) is 5.92. The van der Waals surface area contributed by atoms with E-state index in [2.05, 4.69) is 42.5 Å². The average Bonchev–Trinajstić information content (AvgIpc) is 2.95. The summed E-state index contributed by atoms with van der Waals surface area (Å²) in [6.45, 7) is 14.2. The van der Waals surface area contributed by atoms with Crippen LogP contribution >= 0.6 is 11.6 Å². The molecule has 8 nitrogen and oxygen atoms in total. The first kappa shape index (κ1) is 31.1. The zero-order valence-electron chi connectivity index (χ0n) is 24.4. The number of nitrogens with one attached hydrogen (secondary N) is 1. The maximum atomic E-state index is 12.9. The fourth-order valence-electron chi connectivity index (χ4n) is 5.35. The van der Waals surface area contributed by atoms with E-state index in [0.717, 1.165) is 37.0 Å². The van der Waals surface area contributed by atoms with Crippen LogP contribution in [0.1, 0.15) is 70.4 Å². The minimum atomic E-state index is -0.0927. The number of aliphatic imine (C=N–C) groups is 1. The summed E-state index contributed by atoms with van der Waals surface area (Å²) in [5, 5.41) is 3.29. The minimum absolute atomic E-state index is 0.0927. The van der Waals surface area contributed by atoms with Crippen LogP contribution in [0.25, 0.3) is 0 Å². The van der Waals surface area contributed by atoms with Gasteiger partial charge in [-0.05, 0) is 63.1 Å². The van der Waals surface area contributed by atoms with E-state index in [9.17, 15) is 9.59 Å². The van der Waals surface area contributed by atoms with E-state index >= 15 is 0 Å². The minimum Gasteiger partial charge on any atom is -0.357 e. The van der Waals surface area contributed by atoms with Crippen molar-refractivity contribution in [3.63, 3.8) is 0 Å².